The molecule has 0 spiro atoms. The van der Waals surface area contributed by atoms with Crippen LogP contribution in [0, 0.1) is 5.82 Å². The van der Waals surface area contributed by atoms with Gasteiger partial charge in [0.15, 0.2) is 0 Å². The summed E-state index contributed by atoms with van der Waals surface area (Å²) in [6.07, 6.45) is 4.15. The Labute approximate surface area is 154 Å². The predicted molar refractivity (Wildman–Crippen MR) is 100 cm³/mol. The minimum atomic E-state index is -0.373. The van der Waals surface area contributed by atoms with Gasteiger partial charge in [0.25, 0.3) is 0 Å². The van der Waals surface area contributed by atoms with Crippen LogP contribution in [0.1, 0.15) is 11.6 Å². The Morgan fingerprint density at radius 1 is 1.04 bits per heavy atom. The van der Waals surface area contributed by atoms with Crippen molar-refractivity contribution in [2.75, 3.05) is 46.8 Å². The number of piperazine rings is 1. The summed E-state index contributed by atoms with van der Waals surface area (Å²) in [6, 6.07) is 9.93. The molecule has 6 heteroatoms. The van der Waals surface area contributed by atoms with E-state index in [1.165, 1.54) is 12.1 Å². The molecule has 0 aliphatic carbocycles. The normalized spacial score (nSPS) is 16.8. The summed E-state index contributed by atoms with van der Waals surface area (Å²) in [5, 5.41) is 0. The highest BCUT2D eigenvalue weighted by atomic mass is 19.1. The van der Waals surface area contributed by atoms with Gasteiger partial charge in [0.1, 0.15) is 11.9 Å². The molecule has 1 fully saturated rings. The van der Waals surface area contributed by atoms with Crippen LogP contribution in [0.2, 0.25) is 0 Å². The van der Waals surface area contributed by atoms with Crippen molar-refractivity contribution in [3.05, 3.63) is 60.2 Å². The van der Waals surface area contributed by atoms with Crippen LogP contribution in [0.25, 0.3) is 0 Å². The van der Waals surface area contributed by atoms with E-state index < -0.39 is 0 Å². The highest BCUT2D eigenvalue weighted by Gasteiger charge is 2.30. The summed E-state index contributed by atoms with van der Waals surface area (Å²) in [4.78, 5) is 19.3. The average molecular weight is 358 g/mol. The fourth-order valence-electron chi connectivity index (χ4n) is 3.45. The van der Waals surface area contributed by atoms with Gasteiger partial charge < -0.3 is 9.47 Å². The minimum absolute atomic E-state index is 0.0895. The Morgan fingerprint density at radius 2 is 1.65 bits per heavy atom. The van der Waals surface area contributed by atoms with Gasteiger partial charge in [0, 0.05) is 51.7 Å². The fraction of sp³-hybridized carbons (Fsp3) is 0.450. The number of carbonyl (C=O) groups is 1. The van der Waals surface area contributed by atoms with Crippen LogP contribution in [0.4, 0.5) is 4.39 Å². The molecule has 1 aromatic carbocycles. The Kier molecular flexibility index (Phi) is 6.06. The van der Waals surface area contributed by atoms with Gasteiger partial charge in [-0.25, -0.2) is 4.39 Å². The molecule has 0 saturated carbocycles. The Morgan fingerprint density at radius 3 is 2.23 bits per heavy atom. The lowest BCUT2D eigenvalue weighted by atomic mass is 10.0. The van der Waals surface area contributed by atoms with Crippen molar-refractivity contribution in [1.82, 2.24) is 19.3 Å². The number of aromatic nitrogens is 1. The van der Waals surface area contributed by atoms with Crippen molar-refractivity contribution in [3.8, 4) is 0 Å². The molecule has 0 radical (unpaired) electrons. The van der Waals surface area contributed by atoms with Gasteiger partial charge in [-0.1, -0.05) is 12.1 Å². The molecule has 1 aromatic heterocycles. The minimum Gasteiger partial charge on any atom is -0.353 e. The van der Waals surface area contributed by atoms with Crippen LogP contribution in [0.15, 0.2) is 48.8 Å². The molecular formula is C20H27FN4O. The lowest BCUT2D eigenvalue weighted by molar-refractivity contribution is -0.138. The Bertz CT molecular complexity index is 691. The summed E-state index contributed by atoms with van der Waals surface area (Å²) in [5.41, 5.74) is 0.830. The van der Waals surface area contributed by atoms with E-state index in [0.717, 1.165) is 44.8 Å². The molecule has 1 aliphatic heterocycles. The highest BCUT2D eigenvalue weighted by Crippen LogP contribution is 2.22. The third-order valence-corrected chi connectivity index (χ3v) is 4.96. The first kappa shape index (κ1) is 18.6. The van der Waals surface area contributed by atoms with Crippen molar-refractivity contribution in [3.63, 3.8) is 0 Å². The molecule has 26 heavy (non-hydrogen) atoms. The SMILES string of the molecule is CN(C)[C@H](C(=O)N1CCN(CCn2cccc2)CC1)c1ccc(F)cc1. The van der Waals surface area contributed by atoms with E-state index in [1.54, 1.807) is 12.1 Å². The second-order valence-electron chi connectivity index (χ2n) is 7.01. The van der Waals surface area contributed by atoms with Crippen molar-refractivity contribution in [2.45, 2.75) is 12.6 Å². The molecule has 1 atom stereocenters. The number of halogens is 1. The number of rotatable bonds is 6. The first-order chi connectivity index (χ1) is 12.5. The molecule has 3 rings (SSSR count). The maximum atomic E-state index is 13.2. The number of likely N-dealkylation sites (N-methyl/N-ethyl adjacent to an activating group) is 1. The molecule has 0 bridgehead atoms. The maximum absolute atomic E-state index is 13.2. The Balaban J connectivity index is 1.56. The predicted octanol–water partition coefficient (Wildman–Crippen LogP) is 2.07. The number of nitrogens with zero attached hydrogens (tertiary/aromatic N) is 4. The van der Waals surface area contributed by atoms with E-state index in [2.05, 4.69) is 21.9 Å². The number of hydrogen-bond donors (Lipinski definition) is 0. The van der Waals surface area contributed by atoms with Crippen molar-refractivity contribution in [1.29, 1.82) is 0 Å². The second-order valence-corrected chi connectivity index (χ2v) is 7.01. The summed E-state index contributed by atoms with van der Waals surface area (Å²) in [6.45, 7) is 5.20. The number of amides is 1. The van der Waals surface area contributed by atoms with Gasteiger partial charge in [-0.05, 0) is 43.9 Å². The van der Waals surface area contributed by atoms with Crippen LogP contribution in [-0.2, 0) is 11.3 Å². The van der Waals surface area contributed by atoms with E-state index >= 15 is 0 Å². The van der Waals surface area contributed by atoms with Crippen LogP contribution < -0.4 is 0 Å². The largest absolute Gasteiger partial charge is 0.353 e. The van der Waals surface area contributed by atoms with Gasteiger partial charge >= 0.3 is 0 Å². The lowest BCUT2D eigenvalue weighted by Crippen LogP contribution is -2.51. The molecule has 2 heterocycles. The highest BCUT2D eigenvalue weighted by molar-refractivity contribution is 5.83. The molecule has 1 amide bonds. The second kappa shape index (κ2) is 8.47. The molecule has 0 N–H and O–H groups in total. The molecule has 5 nitrogen and oxygen atoms in total. The fourth-order valence-corrected chi connectivity index (χ4v) is 3.45. The van der Waals surface area contributed by atoms with E-state index in [9.17, 15) is 9.18 Å². The van der Waals surface area contributed by atoms with Gasteiger partial charge in [-0.15, -0.1) is 0 Å². The quantitative estimate of drug-likeness (QED) is 0.792. The van der Waals surface area contributed by atoms with Gasteiger partial charge in [0.2, 0.25) is 5.91 Å². The first-order valence-electron chi connectivity index (χ1n) is 9.08. The zero-order valence-corrected chi connectivity index (χ0v) is 15.5. The summed E-state index contributed by atoms with van der Waals surface area (Å²) >= 11 is 0. The van der Waals surface area contributed by atoms with Gasteiger partial charge in [-0.3, -0.25) is 14.6 Å². The summed E-state index contributed by atoms with van der Waals surface area (Å²) in [7, 11) is 3.78. The van der Waals surface area contributed by atoms with Crippen LogP contribution in [-0.4, -0.2) is 72.0 Å². The first-order valence-corrected chi connectivity index (χ1v) is 9.08. The number of hydrogen-bond acceptors (Lipinski definition) is 3. The van der Waals surface area contributed by atoms with Crippen molar-refractivity contribution in [2.24, 2.45) is 0 Å². The molecular weight excluding hydrogens is 331 g/mol. The standard InChI is InChI=1S/C20H27FN4O/c1-22(2)19(17-5-7-18(21)8-6-17)20(26)25-15-13-24(14-16-25)12-11-23-9-3-4-10-23/h3-10,19H,11-16H2,1-2H3/t19-/m0/s1. The Hall–Kier alpha value is -2.18. The van der Waals surface area contributed by atoms with Crippen LogP contribution >= 0.6 is 0 Å². The summed E-state index contributed by atoms with van der Waals surface area (Å²) < 4.78 is 15.4. The van der Waals surface area contributed by atoms with E-state index in [0.29, 0.717) is 0 Å². The topological polar surface area (TPSA) is 31.7 Å². The molecule has 0 unspecified atom stereocenters. The van der Waals surface area contributed by atoms with Crippen LogP contribution in [0.3, 0.4) is 0 Å². The van der Waals surface area contributed by atoms with Gasteiger partial charge in [-0.2, -0.15) is 0 Å². The molecule has 1 aliphatic rings. The van der Waals surface area contributed by atoms with E-state index in [1.807, 2.05) is 36.0 Å². The monoisotopic (exact) mass is 358 g/mol. The molecule has 140 valence electrons. The maximum Gasteiger partial charge on any atom is 0.244 e. The lowest BCUT2D eigenvalue weighted by Gasteiger charge is -2.37. The van der Waals surface area contributed by atoms with E-state index in [-0.39, 0.29) is 17.8 Å². The zero-order chi connectivity index (χ0) is 18.5. The smallest absolute Gasteiger partial charge is 0.244 e. The summed E-state index contributed by atoms with van der Waals surface area (Å²) in [5.74, 6) is -0.193. The third kappa shape index (κ3) is 4.51. The zero-order valence-electron chi connectivity index (χ0n) is 15.5. The molecule has 1 saturated heterocycles. The van der Waals surface area contributed by atoms with Gasteiger partial charge in [0.05, 0.1) is 0 Å². The van der Waals surface area contributed by atoms with E-state index in [4.69, 9.17) is 0 Å². The third-order valence-electron chi connectivity index (χ3n) is 4.96. The number of benzene rings is 1. The van der Waals surface area contributed by atoms with Crippen molar-refractivity contribution < 1.29 is 9.18 Å². The van der Waals surface area contributed by atoms with Crippen molar-refractivity contribution >= 4 is 5.91 Å². The average Bonchev–Trinajstić information content (AvgIpc) is 3.15. The molecule has 2 aromatic rings. The number of carbonyl (C=O) groups excluding carboxylic acids is 1. The van der Waals surface area contributed by atoms with Crippen LogP contribution in [0.5, 0.6) is 0 Å².